The van der Waals surface area contributed by atoms with Crippen molar-refractivity contribution < 1.29 is 9.59 Å². The largest absolute Gasteiger partial charge is 0.349 e. The average Bonchev–Trinajstić information content (AvgIpc) is 3.30. The maximum absolute atomic E-state index is 14.0. The lowest BCUT2D eigenvalue weighted by molar-refractivity contribution is -0.142. The maximum atomic E-state index is 14.0. The van der Waals surface area contributed by atoms with Gasteiger partial charge < -0.3 is 10.2 Å². The number of carbonyl (C=O) groups excluding carboxylic acids is 2. The van der Waals surface area contributed by atoms with Crippen LogP contribution in [0.2, 0.25) is 0 Å². The van der Waals surface area contributed by atoms with Gasteiger partial charge in [-0.3, -0.25) is 14.6 Å². The molecule has 192 valence electrons. The van der Waals surface area contributed by atoms with Crippen molar-refractivity contribution >= 4 is 22.8 Å². The van der Waals surface area contributed by atoms with Gasteiger partial charge in [0.15, 0.2) is 0 Å². The summed E-state index contributed by atoms with van der Waals surface area (Å²) in [6.45, 7) is 8.38. The molecule has 0 spiro atoms. The Balaban J connectivity index is 1.71. The van der Waals surface area contributed by atoms with Gasteiger partial charge in [0.1, 0.15) is 18.1 Å². The van der Waals surface area contributed by atoms with E-state index in [4.69, 9.17) is 0 Å². The number of aromatic nitrogens is 4. The molecule has 0 radical (unpaired) electrons. The Morgan fingerprint density at radius 1 is 1.03 bits per heavy atom. The van der Waals surface area contributed by atoms with Gasteiger partial charge in [0.2, 0.25) is 11.8 Å². The number of benzene rings is 2. The monoisotopic (exact) mass is 498 g/mol. The second-order valence-electron chi connectivity index (χ2n) is 9.91. The van der Waals surface area contributed by atoms with E-state index in [2.05, 4.69) is 39.7 Å². The van der Waals surface area contributed by atoms with E-state index in [1.54, 1.807) is 34.1 Å². The first-order valence-corrected chi connectivity index (χ1v) is 12.6. The van der Waals surface area contributed by atoms with E-state index in [1.807, 2.05) is 57.2 Å². The van der Waals surface area contributed by atoms with Gasteiger partial charge in [-0.2, -0.15) is 0 Å². The number of para-hydroxylation sites is 1. The topological polar surface area (TPSA) is 93.0 Å². The molecular formula is C29H34N6O2. The lowest BCUT2D eigenvalue weighted by Gasteiger charge is -2.34. The molecule has 2 heterocycles. The second kappa shape index (κ2) is 11.3. The third kappa shape index (κ3) is 6.20. The number of hydrogen-bond donors (Lipinski definition) is 1. The molecule has 0 aliphatic heterocycles. The van der Waals surface area contributed by atoms with Gasteiger partial charge in [-0.1, -0.05) is 48.5 Å². The zero-order chi connectivity index (χ0) is 26.4. The quantitative estimate of drug-likeness (QED) is 0.353. The fraction of sp³-hybridized carbons (Fsp3) is 0.345. The van der Waals surface area contributed by atoms with Gasteiger partial charge in [0, 0.05) is 24.5 Å². The summed E-state index contributed by atoms with van der Waals surface area (Å²) in [6.07, 6.45) is 4.66. The summed E-state index contributed by atoms with van der Waals surface area (Å²) in [6, 6.07) is 18.4. The highest BCUT2D eigenvalue weighted by Crippen LogP contribution is 2.24. The molecule has 0 unspecified atom stereocenters. The minimum Gasteiger partial charge on any atom is -0.349 e. The number of fused-ring (bicyclic) bond motifs is 1. The average molecular weight is 499 g/mol. The van der Waals surface area contributed by atoms with Crippen molar-refractivity contribution in [1.82, 2.24) is 30.2 Å². The minimum atomic E-state index is -0.819. The lowest BCUT2D eigenvalue weighted by atomic mass is 9.98. The standard InChI is InChI=1S/C29H34N6O2/c1-5-29(3,4)31-28(37)27(23-14-17-30-18-15-23)34(19-16-22-11-7-6-10-21(22)2)26(36)20-35-25-13-9-8-12-24(25)32-33-35/h6-15,17-18,27H,5,16,19-20H2,1-4H3,(H,31,37)/t27-/m1/s1. The zero-order valence-corrected chi connectivity index (χ0v) is 21.9. The summed E-state index contributed by atoms with van der Waals surface area (Å²) in [7, 11) is 0. The van der Waals surface area contributed by atoms with Gasteiger partial charge in [-0.25, -0.2) is 4.68 Å². The van der Waals surface area contributed by atoms with Gasteiger partial charge in [0.05, 0.1) is 5.52 Å². The van der Waals surface area contributed by atoms with Gasteiger partial charge in [-0.05, 0) is 74.6 Å². The normalized spacial score (nSPS) is 12.3. The first-order valence-electron chi connectivity index (χ1n) is 12.6. The number of aryl methyl sites for hydroxylation is 1. The van der Waals surface area contributed by atoms with Crippen LogP contribution in [-0.2, 0) is 22.6 Å². The number of amides is 2. The van der Waals surface area contributed by atoms with E-state index in [-0.39, 0.29) is 18.4 Å². The first kappa shape index (κ1) is 26.0. The van der Waals surface area contributed by atoms with E-state index in [1.165, 1.54) is 0 Å². The summed E-state index contributed by atoms with van der Waals surface area (Å²) in [5, 5.41) is 11.5. The molecule has 37 heavy (non-hydrogen) atoms. The first-order chi connectivity index (χ1) is 17.8. The molecule has 4 aromatic rings. The molecule has 1 atom stereocenters. The summed E-state index contributed by atoms with van der Waals surface area (Å²) >= 11 is 0. The fourth-order valence-corrected chi connectivity index (χ4v) is 4.29. The fourth-order valence-electron chi connectivity index (χ4n) is 4.29. The molecule has 0 bridgehead atoms. The lowest BCUT2D eigenvalue weighted by Crippen LogP contribution is -2.51. The van der Waals surface area contributed by atoms with Crippen LogP contribution in [0.1, 0.15) is 49.9 Å². The smallest absolute Gasteiger partial charge is 0.247 e. The summed E-state index contributed by atoms with van der Waals surface area (Å²) < 4.78 is 1.59. The Morgan fingerprint density at radius 3 is 2.46 bits per heavy atom. The van der Waals surface area contributed by atoms with Crippen LogP contribution < -0.4 is 5.32 Å². The van der Waals surface area contributed by atoms with Gasteiger partial charge in [0.25, 0.3) is 0 Å². The predicted octanol–water partition coefficient (Wildman–Crippen LogP) is 4.25. The highest BCUT2D eigenvalue weighted by atomic mass is 16.2. The van der Waals surface area contributed by atoms with Crippen LogP contribution in [0.4, 0.5) is 0 Å². The molecule has 0 saturated carbocycles. The molecule has 1 N–H and O–H groups in total. The van der Waals surface area contributed by atoms with Crippen molar-refractivity contribution in [1.29, 1.82) is 0 Å². The number of nitrogens with one attached hydrogen (secondary N) is 1. The summed E-state index contributed by atoms with van der Waals surface area (Å²) in [5.41, 5.74) is 4.06. The molecule has 8 nitrogen and oxygen atoms in total. The highest BCUT2D eigenvalue weighted by molar-refractivity contribution is 5.89. The van der Waals surface area contributed by atoms with Crippen molar-refractivity contribution in [3.8, 4) is 0 Å². The number of nitrogens with zero attached hydrogens (tertiary/aromatic N) is 5. The molecule has 2 aromatic carbocycles. The van der Waals surface area contributed by atoms with Crippen molar-refractivity contribution in [2.45, 2.75) is 58.7 Å². The molecular weight excluding hydrogens is 464 g/mol. The Morgan fingerprint density at radius 2 is 1.73 bits per heavy atom. The third-order valence-electron chi connectivity index (χ3n) is 6.84. The number of carbonyl (C=O) groups is 2. The molecule has 2 amide bonds. The SMILES string of the molecule is CCC(C)(C)NC(=O)[C@@H](c1ccncc1)N(CCc1ccccc1C)C(=O)Cn1nnc2ccccc21. The Hall–Kier alpha value is -4.07. The summed E-state index contributed by atoms with van der Waals surface area (Å²) in [5.74, 6) is -0.435. The predicted molar refractivity (Wildman–Crippen MR) is 144 cm³/mol. The van der Waals surface area contributed by atoms with E-state index >= 15 is 0 Å². The molecule has 4 rings (SSSR count). The van der Waals surface area contributed by atoms with Crippen molar-refractivity contribution in [2.75, 3.05) is 6.54 Å². The zero-order valence-electron chi connectivity index (χ0n) is 21.9. The second-order valence-corrected chi connectivity index (χ2v) is 9.91. The maximum Gasteiger partial charge on any atom is 0.247 e. The van der Waals surface area contributed by atoms with Gasteiger partial charge >= 0.3 is 0 Å². The molecule has 2 aromatic heterocycles. The Kier molecular flexibility index (Phi) is 7.96. The van der Waals surface area contributed by atoms with E-state index in [0.717, 1.165) is 28.6 Å². The molecule has 0 aliphatic carbocycles. The van der Waals surface area contributed by atoms with Crippen LogP contribution in [0.15, 0.2) is 73.1 Å². The molecule has 0 saturated heterocycles. The highest BCUT2D eigenvalue weighted by Gasteiger charge is 2.34. The van der Waals surface area contributed by atoms with Crippen LogP contribution in [0.3, 0.4) is 0 Å². The van der Waals surface area contributed by atoms with E-state index < -0.39 is 11.6 Å². The van der Waals surface area contributed by atoms with Crippen LogP contribution in [-0.4, -0.2) is 48.8 Å². The molecule has 0 fully saturated rings. The van der Waals surface area contributed by atoms with E-state index in [0.29, 0.717) is 18.5 Å². The minimum absolute atomic E-state index is 0.0275. The molecule has 8 heteroatoms. The Labute approximate surface area is 217 Å². The Bertz CT molecular complexity index is 1370. The van der Waals surface area contributed by atoms with Crippen molar-refractivity contribution in [3.05, 3.63) is 89.7 Å². The van der Waals surface area contributed by atoms with Crippen LogP contribution in [0.5, 0.6) is 0 Å². The number of rotatable bonds is 10. The number of hydrogen-bond acceptors (Lipinski definition) is 5. The van der Waals surface area contributed by atoms with Crippen LogP contribution in [0, 0.1) is 6.92 Å². The van der Waals surface area contributed by atoms with Crippen molar-refractivity contribution in [2.24, 2.45) is 0 Å². The van der Waals surface area contributed by atoms with Crippen LogP contribution in [0.25, 0.3) is 11.0 Å². The molecule has 0 aliphatic rings. The number of pyridine rings is 1. The van der Waals surface area contributed by atoms with Crippen LogP contribution >= 0.6 is 0 Å². The van der Waals surface area contributed by atoms with Gasteiger partial charge in [-0.15, -0.1) is 5.10 Å². The van der Waals surface area contributed by atoms with E-state index in [9.17, 15) is 9.59 Å². The summed E-state index contributed by atoms with van der Waals surface area (Å²) in [4.78, 5) is 33.5. The van der Waals surface area contributed by atoms with Crippen molar-refractivity contribution in [3.63, 3.8) is 0 Å². The third-order valence-corrected chi connectivity index (χ3v) is 6.84.